The number of nitrogens with zero attached hydrogens (tertiary/aromatic N) is 1. The molecule has 5 nitrogen and oxygen atoms in total. The van der Waals surface area contributed by atoms with Gasteiger partial charge in [-0.25, -0.2) is 5.01 Å². The SMILES string of the molecule is CCCC(C(=O)O)C(=O)N(Nc1ccccc1)c1ccccc1. The number of nitrogens with one attached hydrogen (secondary N) is 1. The molecular weight excluding hydrogens is 292 g/mol. The van der Waals surface area contributed by atoms with Crippen molar-refractivity contribution in [2.45, 2.75) is 19.8 Å². The topological polar surface area (TPSA) is 69.6 Å². The van der Waals surface area contributed by atoms with Gasteiger partial charge in [-0.15, -0.1) is 0 Å². The Morgan fingerprint density at radius 1 is 1.04 bits per heavy atom. The first-order valence-corrected chi connectivity index (χ1v) is 7.57. The van der Waals surface area contributed by atoms with Crippen LogP contribution in [-0.2, 0) is 9.59 Å². The monoisotopic (exact) mass is 312 g/mol. The second kappa shape index (κ2) is 7.98. The summed E-state index contributed by atoms with van der Waals surface area (Å²) in [5.41, 5.74) is 4.32. The molecule has 0 aliphatic heterocycles. The highest BCUT2D eigenvalue weighted by Gasteiger charge is 2.31. The van der Waals surface area contributed by atoms with Crippen LogP contribution in [-0.4, -0.2) is 17.0 Å². The van der Waals surface area contributed by atoms with Crippen molar-refractivity contribution in [2.75, 3.05) is 10.4 Å². The van der Waals surface area contributed by atoms with E-state index in [9.17, 15) is 14.7 Å². The van der Waals surface area contributed by atoms with Gasteiger partial charge in [0.15, 0.2) is 0 Å². The molecular formula is C18H20N2O3. The lowest BCUT2D eigenvalue weighted by Crippen LogP contribution is -2.43. The van der Waals surface area contributed by atoms with Crippen LogP contribution in [0.25, 0.3) is 0 Å². The molecule has 0 saturated carbocycles. The van der Waals surface area contributed by atoms with Crippen molar-refractivity contribution in [3.63, 3.8) is 0 Å². The Kier molecular flexibility index (Phi) is 5.74. The lowest BCUT2D eigenvalue weighted by molar-refractivity contribution is -0.146. The summed E-state index contributed by atoms with van der Waals surface area (Å²) in [6, 6.07) is 18.2. The van der Waals surface area contributed by atoms with Crippen LogP contribution in [0.5, 0.6) is 0 Å². The van der Waals surface area contributed by atoms with E-state index < -0.39 is 17.8 Å². The minimum atomic E-state index is -1.10. The van der Waals surface area contributed by atoms with Gasteiger partial charge in [0.1, 0.15) is 5.92 Å². The van der Waals surface area contributed by atoms with E-state index in [1.54, 1.807) is 24.3 Å². The smallest absolute Gasteiger partial charge is 0.316 e. The lowest BCUT2D eigenvalue weighted by Gasteiger charge is -2.27. The van der Waals surface area contributed by atoms with E-state index in [0.29, 0.717) is 24.2 Å². The molecule has 0 aromatic heterocycles. The van der Waals surface area contributed by atoms with Crippen molar-refractivity contribution in [1.29, 1.82) is 0 Å². The first kappa shape index (κ1) is 16.5. The molecule has 1 unspecified atom stereocenters. The van der Waals surface area contributed by atoms with Crippen molar-refractivity contribution in [2.24, 2.45) is 5.92 Å². The molecule has 2 rings (SSSR count). The van der Waals surface area contributed by atoms with Crippen LogP contribution in [0.4, 0.5) is 11.4 Å². The van der Waals surface area contributed by atoms with Crippen molar-refractivity contribution >= 4 is 23.3 Å². The highest BCUT2D eigenvalue weighted by molar-refractivity contribution is 6.06. The summed E-state index contributed by atoms with van der Waals surface area (Å²) in [6.45, 7) is 1.86. The fraction of sp³-hybridized carbons (Fsp3) is 0.222. The normalized spacial score (nSPS) is 11.5. The molecule has 1 atom stereocenters. The zero-order chi connectivity index (χ0) is 16.7. The molecule has 23 heavy (non-hydrogen) atoms. The molecule has 120 valence electrons. The van der Waals surface area contributed by atoms with E-state index in [0.717, 1.165) is 0 Å². The van der Waals surface area contributed by atoms with Gasteiger partial charge >= 0.3 is 5.97 Å². The van der Waals surface area contributed by atoms with Gasteiger partial charge in [-0.05, 0) is 30.7 Å². The van der Waals surface area contributed by atoms with Crippen LogP contribution in [0.1, 0.15) is 19.8 Å². The molecule has 0 aliphatic carbocycles. The van der Waals surface area contributed by atoms with Crippen molar-refractivity contribution in [3.8, 4) is 0 Å². The lowest BCUT2D eigenvalue weighted by atomic mass is 10.0. The minimum absolute atomic E-state index is 0.300. The first-order valence-electron chi connectivity index (χ1n) is 7.57. The number of amides is 1. The standard InChI is InChI=1S/C18H20N2O3/c1-2-9-16(18(22)23)17(21)20(15-12-7-4-8-13-15)19-14-10-5-3-6-11-14/h3-8,10-13,16,19H,2,9H2,1H3,(H,22,23). The fourth-order valence-corrected chi connectivity index (χ4v) is 2.26. The maximum atomic E-state index is 12.8. The number of carbonyl (C=O) groups is 2. The Hall–Kier alpha value is -2.82. The van der Waals surface area contributed by atoms with Gasteiger partial charge in [0, 0.05) is 0 Å². The van der Waals surface area contributed by atoms with E-state index in [1.807, 2.05) is 43.3 Å². The van der Waals surface area contributed by atoms with Crippen LogP contribution >= 0.6 is 0 Å². The summed E-state index contributed by atoms with van der Waals surface area (Å²) in [5, 5.41) is 10.7. The maximum absolute atomic E-state index is 12.8. The maximum Gasteiger partial charge on any atom is 0.316 e. The number of aliphatic carboxylic acids is 1. The van der Waals surface area contributed by atoms with Crippen molar-refractivity contribution < 1.29 is 14.7 Å². The Morgan fingerprint density at radius 3 is 2.13 bits per heavy atom. The van der Waals surface area contributed by atoms with Crippen LogP contribution in [0.3, 0.4) is 0 Å². The first-order chi connectivity index (χ1) is 11.1. The van der Waals surface area contributed by atoms with Gasteiger partial charge in [0.25, 0.3) is 5.91 Å². The van der Waals surface area contributed by atoms with Gasteiger partial charge in [-0.2, -0.15) is 0 Å². The number of hydrogen-bond acceptors (Lipinski definition) is 3. The summed E-state index contributed by atoms with van der Waals surface area (Å²) < 4.78 is 0. The summed E-state index contributed by atoms with van der Waals surface area (Å²) in [7, 11) is 0. The van der Waals surface area contributed by atoms with E-state index in [-0.39, 0.29) is 0 Å². The van der Waals surface area contributed by atoms with E-state index >= 15 is 0 Å². The fourth-order valence-electron chi connectivity index (χ4n) is 2.26. The van der Waals surface area contributed by atoms with Crippen LogP contribution < -0.4 is 10.4 Å². The van der Waals surface area contributed by atoms with Gasteiger partial charge < -0.3 is 5.11 Å². The molecule has 0 saturated heterocycles. The molecule has 2 N–H and O–H groups in total. The number of hydrogen-bond donors (Lipinski definition) is 2. The Bertz CT molecular complexity index is 644. The summed E-state index contributed by atoms with van der Waals surface area (Å²) in [4.78, 5) is 24.2. The third-order valence-corrected chi connectivity index (χ3v) is 3.42. The quantitative estimate of drug-likeness (QED) is 0.606. The molecule has 5 heteroatoms. The number of carboxylic acid groups (broad SMARTS) is 1. The third-order valence-electron chi connectivity index (χ3n) is 3.42. The zero-order valence-electron chi connectivity index (χ0n) is 13.0. The molecule has 2 aromatic rings. The molecule has 0 spiro atoms. The number of rotatable bonds is 7. The molecule has 1 amide bonds. The number of carboxylic acids is 1. The van der Waals surface area contributed by atoms with Crippen LogP contribution in [0.2, 0.25) is 0 Å². The van der Waals surface area contributed by atoms with Gasteiger partial charge in [-0.1, -0.05) is 49.7 Å². The van der Waals surface area contributed by atoms with Gasteiger partial charge in [-0.3, -0.25) is 15.0 Å². The summed E-state index contributed by atoms with van der Waals surface area (Å²) in [6.07, 6.45) is 0.921. The van der Waals surface area contributed by atoms with Crippen LogP contribution in [0.15, 0.2) is 60.7 Å². The average Bonchev–Trinajstić information content (AvgIpc) is 2.58. The molecule has 0 fully saturated rings. The van der Waals surface area contributed by atoms with Crippen LogP contribution in [0, 0.1) is 5.92 Å². The van der Waals surface area contributed by atoms with Crippen molar-refractivity contribution in [3.05, 3.63) is 60.7 Å². The highest BCUT2D eigenvalue weighted by atomic mass is 16.4. The van der Waals surface area contributed by atoms with E-state index in [1.165, 1.54) is 5.01 Å². The predicted molar refractivity (Wildman–Crippen MR) is 90.0 cm³/mol. The minimum Gasteiger partial charge on any atom is -0.481 e. The Labute approximate surface area is 135 Å². The van der Waals surface area contributed by atoms with Crippen molar-refractivity contribution in [1.82, 2.24) is 0 Å². The number of benzene rings is 2. The molecule has 0 radical (unpaired) electrons. The van der Waals surface area contributed by atoms with Gasteiger partial charge in [0.05, 0.1) is 11.4 Å². The molecule has 2 aromatic carbocycles. The second-order valence-corrected chi connectivity index (χ2v) is 5.17. The summed E-state index contributed by atoms with van der Waals surface area (Å²) >= 11 is 0. The largest absolute Gasteiger partial charge is 0.481 e. The number of hydrazine groups is 1. The molecule has 0 aliphatic rings. The third kappa shape index (κ3) is 4.32. The van der Waals surface area contributed by atoms with Gasteiger partial charge in [0.2, 0.25) is 0 Å². The second-order valence-electron chi connectivity index (χ2n) is 5.17. The highest BCUT2D eigenvalue weighted by Crippen LogP contribution is 2.20. The zero-order valence-corrected chi connectivity index (χ0v) is 13.0. The van der Waals surface area contributed by atoms with E-state index in [2.05, 4.69) is 5.43 Å². The number of carbonyl (C=O) groups excluding carboxylic acids is 1. The Morgan fingerprint density at radius 2 is 1.61 bits per heavy atom. The predicted octanol–water partition coefficient (Wildman–Crippen LogP) is 3.55. The Balaban J connectivity index is 2.33. The number of anilines is 2. The molecule has 0 heterocycles. The number of para-hydroxylation sites is 2. The summed E-state index contributed by atoms with van der Waals surface area (Å²) in [5.74, 6) is -2.65. The average molecular weight is 312 g/mol. The van der Waals surface area contributed by atoms with E-state index in [4.69, 9.17) is 0 Å². The molecule has 0 bridgehead atoms.